The summed E-state index contributed by atoms with van der Waals surface area (Å²) >= 11 is 8.43. The van der Waals surface area contributed by atoms with Crippen molar-refractivity contribution in [1.29, 1.82) is 0 Å². The topological polar surface area (TPSA) is 18.8 Å². The molecule has 4 rings (SSSR count). The number of rotatable bonds is 0. The third kappa shape index (κ3) is 2.87. The van der Waals surface area contributed by atoms with E-state index in [9.17, 15) is 0 Å². The highest BCUT2D eigenvalue weighted by atomic mass is 35.5. The number of hydrogen-bond acceptors (Lipinski definition) is 4. The van der Waals surface area contributed by atoms with Crippen LogP contribution in [-0.2, 0) is 0 Å². The Morgan fingerprint density at radius 1 is 1.04 bits per heavy atom. The molecule has 118 valence electrons. The van der Waals surface area contributed by atoms with E-state index >= 15 is 0 Å². The summed E-state index contributed by atoms with van der Waals surface area (Å²) in [6.07, 6.45) is 0. The zero-order valence-corrected chi connectivity index (χ0v) is 14.5. The average Bonchev–Trinajstić information content (AvgIpc) is 2.71. The Kier molecular flexibility index (Phi) is 4.05. The second kappa shape index (κ2) is 6.19. The maximum atomic E-state index is 6.65. The Hall–Kier alpha value is -1.49. The molecule has 2 aliphatic heterocycles. The van der Waals surface area contributed by atoms with Gasteiger partial charge in [0.25, 0.3) is 0 Å². The first-order valence-electron chi connectivity index (χ1n) is 7.76. The number of amidine groups is 1. The molecular weight excluding hydrogens is 326 g/mol. The van der Waals surface area contributed by atoms with E-state index in [4.69, 9.17) is 16.6 Å². The molecule has 0 aromatic heterocycles. The molecule has 1 fully saturated rings. The third-order valence-electron chi connectivity index (χ3n) is 4.23. The Balaban J connectivity index is 1.84. The minimum absolute atomic E-state index is 0.0594. The summed E-state index contributed by atoms with van der Waals surface area (Å²) in [5, 5.41) is 0. The lowest BCUT2D eigenvalue weighted by atomic mass is 10.1. The molecule has 0 bridgehead atoms. The van der Waals surface area contributed by atoms with Crippen LogP contribution in [0.4, 0.5) is 5.69 Å². The van der Waals surface area contributed by atoms with Crippen LogP contribution in [0.15, 0.2) is 63.3 Å². The van der Waals surface area contributed by atoms with Crippen molar-refractivity contribution in [2.24, 2.45) is 4.99 Å². The molecule has 0 aliphatic carbocycles. The minimum atomic E-state index is -0.0594. The van der Waals surface area contributed by atoms with Crippen molar-refractivity contribution in [3.8, 4) is 0 Å². The molecule has 0 saturated carbocycles. The molecule has 2 aromatic carbocycles. The summed E-state index contributed by atoms with van der Waals surface area (Å²) in [7, 11) is 2.11. The maximum absolute atomic E-state index is 6.65. The number of halogens is 1. The lowest BCUT2D eigenvalue weighted by molar-refractivity contribution is 0.194. The summed E-state index contributed by atoms with van der Waals surface area (Å²) in [4.78, 5) is 11.9. The van der Waals surface area contributed by atoms with Gasteiger partial charge in [-0.2, -0.15) is 0 Å². The smallest absolute Gasteiger partial charge is 0.139 e. The first kappa shape index (κ1) is 15.1. The third-order valence-corrected chi connectivity index (χ3v) is 5.75. The Bertz CT molecular complexity index is 761. The molecule has 1 saturated heterocycles. The monoisotopic (exact) mass is 343 g/mol. The molecule has 1 unspecified atom stereocenters. The van der Waals surface area contributed by atoms with Crippen molar-refractivity contribution in [1.82, 2.24) is 9.80 Å². The van der Waals surface area contributed by atoms with Gasteiger partial charge in [-0.1, -0.05) is 53.7 Å². The highest BCUT2D eigenvalue weighted by Crippen LogP contribution is 2.40. The van der Waals surface area contributed by atoms with Crippen molar-refractivity contribution < 1.29 is 0 Å². The highest BCUT2D eigenvalue weighted by Gasteiger charge is 2.29. The van der Waals surface area contributed by atoms with Crippen LogP contribution in [0.1, 0.15) is 5.56 Å². The fraction of sp³-hybridized carbons (Fsp3) is 0.278. The van der Waals surface area contributed by atoms with Gasteiger partial charge in [-0.05, 0) is 25.2 Å². The number of fused-ring (bicyclic) bond motifs is 2. The number of aliphatic imine (C=N–C) groups is 1. The normalized spacial score (nSPS) is 21.2. The van der Waals surface area contributed by atoms with Crippen LogP contribution in [0.25, 0.3) is 0 Å². The van der Waals surface area contributed by atoms with Gasteiger partial charge < -0.3 is 9.80 Å². The quantitative estimate of drug-likeness (QED) is 0.531. The van der Waals surface area contributed by atoms with Crippen LogP contribution < -0.4 is 0 Å². The fourth-order valence-corrected chi connectivity index (χ4v) is 4.44. The number of piperazine rings is 1. The van der Waals surface area contributed by atoms with E-state index in [1.54, 1.807) is 11.8 Å². The Morgan fingerprint density at radius 2 is 1.78 bits per heavy atom. The number of para-hydroxylation sites is 1. The summed E-state index contributed by atoms with van der Waals surface area (Å²) in [5.74, 6) is 0.992. The van der Waals surface area contributed by atoms with Gasteiger partial charge in [0, 0.05) is 35.0 Å². The van der Waals surface area contributed by atoms with E-state index in [1.165, 1.54) is 15.4 Å². The second-order valence-corrected chi connectivity index (χ2v) is 7.48. The van der Waals surface area contributed by atoms with Crippen molar-refractivity contribution in [3.63, 3.8) is 0 Å². The molecule has 0 spiro atoms. The fourth-order valence-electron chi connectivity index (χ4n) is 2.99. The number of nitrogens with zero attached hydrogens (tertiary/aromatic N) is 3. The second-order valence-electron chi connectivity index (χ2n) is 5.89. The molecule has 0 amide bonds. The summed E-state index contributed by atoms with van der Waals surface area (Å²) in [6.45, 7) is 2.74. The molecule has 23 heavy (non-hydrogen) atoms. The van der Waals surface area contributed by atoms with Crippen molar-refractivity contribution in [3.05, 3.63) is 54.1 Å². The maximum Gasteiger partial charge on any atom is 0.139 e. The molecule has 3 nitrogen and oxygen atoms in total. The predicted octanol–water partition coefficient (Wildman–Crippen LogP) is 4.04. The van der Waals surface area contributed by atoms with Gasteiger partial charge in [0.1, 0.15) is 11.3 Å². The molecule has 5 heteroatoms. The number of hydrogen-bond donors (Lipinski definition) is 0. The zero-order chi connectivity index (χ0) is 15.8. The van der Waals surface area contributed by atoms with Gasteiger partial charge in [-0.25, -0.2) is 4.99 Å². The van der Waals surface area contributed by atoms with Crippen LogP contribution in [0.2, 0.25) is 0 Å². The van der Waals surface area contributed by atoms with E-state index < -0.39 is 0 Å². The van der Waals surface area contributed by atoms with Gasteiger partial charge >= 0.3 is 0 Å². The van der Waals surface area contributed by atoms with E-state index in [0.717, 1.165) is 31.2 Å². The first-order chi connectivity index (χ1) is 11.2. The predicted molar refractivity (Wildman–Crippen MR) is 97.0 cm³/mol. The van der Waals surface area contributed by atoms with Crippen molar-refractivity contribution in [2.75, 3.05) is 26.7 Å². The Labute approximate surface area is 146 Å². The molecule has 0 radical (unpaired) electrons. The van der Waals surface area contributed by atoms with E-state index in [-0.39, 0.29) is 5.50 Å². The van der Waals surface area contributed by atoms with Crippen LogP contribution >= 0.6 is 23.4 Å². The van der Waals surface area contributed by atoms with Crippen LogP contribution in [-0.4, -0.2) is 47.8 Å². The highest BCUT2D eigenvalue weighted by molar-refractivity contribution is 7.99. The lowest BCUT2D eigenvalue weighted by Gasteiger charge is -2.38. The Morgan fingerprint density at radius 3 is 2.61 bits per heavy atom. The zero-order valence-electron chi connectivity index (χ0n) is 12.9. The van der Waals surface area contributed by atoms with Crippen molar-refractivity contribution >= 4 is 34.9 Å². The van der Waals surface area contributed by atoms with Crippen molar-refractivity contribution in [2.45, 2.75) is 15.3 Å². The van der Waals surface area contributed by atoms with Gasteiger partial charge in [0.05, 0.1) is 5.69 Å². The van der Waals surface area contributed by atoms with Crippen LogP contribution in [0.5, 0.6) is 0 Å². The molecule has 1 atom stereocenters. The summed E-state index contributed by atoms with van der Waals surface area (Å²) in [5.41, 5.74) is 2.13. The molecule has 2 aliphatic rings. The average molecular weight is 344 g/mol. The molecule has 0 N–H and O–H groups in total. The van der Waals surface area contributed by atoms with E-state index in [0.29, 0.717) is 0 Å². The molecule has 2 heterocycles. The van der Waals surface area contributed by atoms with Crippen LogP contribution in [0, 0.1) is 0 Å². The van der Waals surface area contributed by atoms with Gasteiger partial charge in [0.15, 0.2) is 0 Å². The van der Waals surface area contributed by atoms with Gasteiger partial charge in [-0.15, -0.1) is 0 Å². The molecular formula is C18H18ClN3S. The van der Waals surface area contributed by atoms with Gasteiger partial charge in [0.2, 0.25) is 0 Å². The minimum Gasteiger partial charge on any atom is -0.337 e. The standard InChI is InChI=1S/C18H18ClN3S/c1-21-10-11-22(17(19)12-21)18-13-6-2-4-8-15(13)23-16-9-5-3-7-14(16)20-18/h2-9,17H,10-12H2,1H3. The number of alkyl halides is 1. The molecule has 2 aromatic rings. The van der Waals surface area contributed by atoms with E-state index in [1.807, 2.05) is 6.07 Å². The van der Waals surface area contributed by atoms with Gasteiger partial charge in [-0.3, -0.25) is 0 Å². The SMILES string of the molecule is CN1CCN(C2=Nc3ccccc3Sc3ccccc32)C(Cl)C1. The largest absolute Gasteiger partial charge is 0.337 e. The first-order valence-corrected chi connectivity index (χ1v) is 9.02. The van der Waals surface area contributed by atoms with Crippen LogP contribution in [0.3, 0.4) is 0 Å². The summed E-state index contributed by atoms with van der Waals surface area (Å²) in [6, 6.07) is 16.8. The summed E-state index contributed by atoms with van der Waals surface area (Å²) < 4.78 is 0. The lowest BCUT2D eigenvalue weighted by Crippen LogP contribution is -2.51. The number of benzene rings is 2. The van der Waals surface area contributed by atoms with E-state index in [2.05, 4.69) is 59.3 Å². The number of likely N-dealkylation sites (N-methyl/N-ethyl adjacent to an activating group) is 1.